The van der Waals surface area contributed by atoms with Crippen molar-refractivity contribution in [2.75, 3.05) is 26.3 Å². The highest BCUT2D eigenvalue weighted by Gasteiger charge is 2.24. The summed E-state index contributed by atoms with van der Waals surface area (Å²) in [6.07, 6.45) is 2.36. The second kappa shape index (κ2) is 8.15. The normalized spacial score (nSPS) is 19.9. The van der Waals surface area contributed by atoms with Crippen molar-refractivity contribution in [1.29, 1.82) is 0 Å². The molecule has 0 bridgehead atoms. The van der Waals surface area contributed by atoms with E-state index in [-0.39, 0.29) is 0 Å². The van der Waals surface area contributed by atoms with Crippen LogP contribution in [0.4, 0.5) is 0 Å². The zero-order valence-corrected chi connectivity index (χ0v) is 14.0. The molecule has 19 heavy (non-hydrogen) atoms. The average Bonchev–Trinajstić information content (AvgIpc) is 2.68. The minimum atomic E-state index is 0.391. The molecule has 0 radical (unpaired) electrons. The number of nitrogens with one attached hydrogen (secondary N) is 1. The van der Waals surface area contributed by atoms with Gasteiger partial charge in [-0.05, 0) is 24.2 Å². The van der Waals surface area contributed by atoms with Crippen LogP contribution in [-0.4, -0.2) is 36.7 Å². The number of amidine groups is 1. The number of nitrogens with zero attached hydrogens (tertiary/aromatic N) is 1. The van der Waals surface area contributed by atoms with Crippen LogP contribution in [-0.2, 0) is 4.74 Å². The standard InChI is InChI=1S/C15H30N2OS/c1-12(2)6-8-18-9-7-16-14-17-11-13(19-14)10-15(3,4)5/h12-13H,6-11H2,1-5H3,(H,16,17). The molecule has 1 aliphatic rings. The lowest BCUT2D eigenvalue weighted by Gasteiger charge is -2.21. The van der Waals surface area contributed by atoms with Gasteiger partial charge in [-0.2, -0.15) is 0 Å². The number of ether oxygens (including phenoxy) is 1. The fraction of sp³-hybridized carbons (Fsp3) is 0.933. The third-order valence-electron chi connectivity index (χ3n) is 2.92. The highest BCUT2D eigenvalue weighted by atomic mass is 32.2. The Balaban J connectivity index is 2.03. The number of hydrogen-bond donors (Lipinski definition) is 1. The van der Waals surface area contributed by atoms with Crippen molar-refractivity contribution in [2.24, 2.45) is 16.3 Å². The molecule has 112 valence electrons. The van der Waals surface area contributed by atoms with Gasteiger partial charge in [0.15, 0.2) is 5.17 Å². The third-order valence-corrected chi connectivity index (χ3v) is 4.06. The van der Waals surface area contributed by atoms with Gasteiger partial charge in [0, 0.05) is 18.4 Å². The SMILES string of the molecule is CC(C)CCOCCNC1=NCC(CC(C)(C)C)S1. The minimum absolute atomic E-state index is 0.391. The molecule has 1 heterocycles. The van der Waals surface area contributed by atoms with E-state index in [1.54, 1.807) is 0 Å². The summed E-state index contributed by atoms with van der Waals surface area (Å²) in [5.74, 6) is 0.723. The highest BCUT2D eigenvalue weighted by Crippen LogP contribution is 2.31. The first kappa shape index (κ1) is 16.8. The molecular formula is C15H30N2OS. The fourth-order valence-electron chi connectivity index (χ4n) is 1.96. The van der Waals surface area contributed by atoms with Gasteiger partial charge in [0.25, 0.3) is 0 Å². The number of thioether (sulfide) groups is 1. The predicted octanol–water partition coefficient (Wildman–Crippen LogP) is 3.55. The van der Waals surface area contributed by atoms with Gasteiger partial charge in [0.05, 0.1) is 13.2 Å². The van der Waals surface area contributed by atoms with Crippen LogP contribution in [0.1, 0.15) is 47.5 Å². The Morgan fingerprint density at radius 1 is 1.37 bits per heavy atom. The molecule has 1 N–H and O–H groups in total. The van der Waals surface area contributed by atoms with Gasteiger partial charge in [-0.15, -0.1) is 0 Å². The predicted molar refractivity (Wildman–Crippen MR) is 86.0 cm³/mol. The summed E-state index contributed by atoms with van der Waals surface area (Å²) in [6, 6.07) is 0. The molecule has 0 amide bonds. The smallest absolute Gasteiger partial charge is 0.157 e. The molecule has 1 rings (SSSR count). The zero-order valence-electron chi connectivity index (χ0n) is 13.2. The van der Waals surface area contributed by atoms with E-state index in [0.717, 1.165) is 43.8 Å². The van der Waals surface area contributed by atoms with E-state index in [4.69, 9.17) is 4.74 Å². The Labute approximate surface area is 123 Å². The Bertz CT molecular complexity index is 284. The van der Waals surface area contributed by atoms with Crippen molar-refractivity contribution in [1.82, 2.24) is 5.32 Å². The molecule has 1 aliphatic heterocycles. The summed E-state index contributed by atoms with van der Waals surface area (Å²) in [5.41, 5.74) is 0.391. The van der Waals surface area contributed by atoms with Crippen molar-refractivity contribution < 1.29 is 4.74 Å². The van der Waals surface area contributed by atoms with Crippen molar-refractivity contribution in [3.05, 3.63) is 0 Å². The van der Waals surface area contributed by atoms with Crippen molar-refractivity contribution in [3.8, 4) is 0 Å². The van der Waals surface area contributed by atoms with Crippen molar-refractivity contribution in [2.45, 2.75) is 52.7 Å². The maximum absolute atomic E-state index is 5.58. The van der Waals surface area contributed by atoms with Crippen LogP contribution in [0.3, 0.4) is 0 Å². The molecule has 4 heteroatoms. The van der Waals surface area contributed by atoms with Gasteiger partial charge in [0.2, 0.25) is 0 Å². The quantitative estimate of drug-likeness (QED) is 0.727. The maximum atomic E-state index is 5.58. The molecule has 0 aromatic rings. The van der Waals surface area contributed by atoms with E-state index in [9.17, 15) is 0 Å². The van der Waals surface area contributed by atoms with Crippen LogP contribution >= 0.6 is 11.8 Å². The fourth-order valence-corrected chi connectivity index (χ4v) is 3.34. The summed E-state index contributed by atoms with van der Waals surface area (Å²) in [4.78, 5) is 4.56. The second-order valence-corrected chi connectivity index (χ2v) is 8.16. The lowest BCUT2D eigenvalue weighted by molar-refractivity contribution is 0.128. The van der Waals surface area contributed by atoms with Gasteiger partial charge in [0.1, 0.15) is 0 Å². The lowest BCUT2D eigenvalue weighted by Crippen LogP contribution is -2.25. The lowest BCUT2D eigenvalue weighted by atomic mass is 9.90. The van der Waals surface area contributed by atoms with Crippen LogP contribution in [0, 0.1) is 11.3 Å². The maximum Gasteiger partial charge on any atom is 0.157 e. The molecule has 1 unspecified atom stereocenters. The summed E-state index contributed by atoms with van der Waals surface area (Å²) >= 11 is 1.89. The van der Waals surface area contributed by atoms with Crippen LogP contribution in [0.5, 0.6) is 0 Å². The van der Waals surface area contributed by atoms with Crippen LogP contribution in [0.15, 0.2) is 4.99 Å². The molecule has 0 saturated heterocycles. The first-order valence-electron chi connectivity index (χ1n) is 7.39. The van der Waals surface area contributed by atoms with E-state index < -0.39 is 0 Å². The van der Waals surface area contributed by atoms with E-state index in [2.05, 4.69) is 44.9 Å². The minimum Gasteiger partial charge on any atom is -0.380 e. The Hall–Kier alpha value is -0.220. The zero-order chi connectivity index (χ0) is 14.3. The molecule has 0 spiro atoms. The molecular weight excluding hydrogens is 256 g/mol. The second-order valence-electron chi connectivity index (χ2n) is 6.87. The number of hydrogen-bond acceptors (Lipinski definition) is 4. The molecule has 0 fully saturated rings. The number of rotatable bonds is 7. The van der Waals surface area contributed by atoms with Gasteiger partial charge in [-0.25, -0.2) is 0 Å². The summed E-state index contributed by atoms with van der Waals surface area (Å²) in [5, 5.41) is 5.12. The van der Waals surface area contributed by atoms with E-state index in [1.165, 1.54) is 6.42 Å². The van der Waals surface area contributed by atoms with Crippen molar-refractivity contribution in [3.63, 3.8) is 0 Å². The van der Waals surface area contributed by atoms with Gasteiger partial charge in [-0.1, -0.05) is 46.4 Å². The summed E-state index contributed by atoms with van der Waals surface area (Å²) in [6.45, 7) is 14.8. The van der Waals surface area contributed by atoms with E-state index in [0.29, 0.717) is 10.7 Å². The highest BCUT2D eigenvalue weighted by molar-refractivity contribution is 8.14. The largest absolute Gasteiger partial charge is 0.380 e. The molecule has 0 aromatic heterocycles. The third kappa shape index (κ3) is 8.53. The Morgan fingerprint density at radius 3 is 2.74 bits per heavy atom. The molecule has 3 nitrogen and oxygen atoms in total. The van der Waals surface area contributed by atoms with E-state index >= 15 is 0 Å². The Morgan fingerprint density at radius 2 is 2.11 bits per heavy atom. The van der Waals surface area contributed by atoms with Gasteiger partial charge >= 0.3 is 0 Å². The van der Waals surface area contributed by atoms with E-state index in [1.807, 2.05) is 11.8 Å². The van der Waals surface area contributed by atoms with Crippen LogP contribution in [0.25, 0.3) is 0 Å². The Kier molecular flexibility index (Phi) is 7.22. The van der Waals surface area contributed by atoms with Crippen LogP contribution in [0.2, 0.25) is 0 Å². The van der Waals surface area contributed by atoms with Crippen LogP contribution < -0.4 is 5.32 Å². The summed E-state index contributed by atoms with van der Waals surface area (Å²) < 4.78 is 5.58. The molecule has 0 saturated carbocycles. The van der Waals surface area contributed by atoms with Gasteiger partial charge in [-0.3, -0.25) is 4.99 Å². The molecule has 0 aromatic carbocycles. The summed E-state index contributed by atoms with van der Waals surface area (Å²) in [7, 11) is 0. The van der Waals surface area contributed by atoms with Crippen molar-refractivity contribution >= 4 is 16.9 Å². The molecule has 0 aliphatic carbocycles. The average molecular weight is 286 g/mol. The first-order valence-corrected chi connectivity index (χ1v) is 8.27. The first-order chi connectivity index (χ1) is 8.87. The number of aliphatic imine (C=N–C) groups is 1. The topological polar surface area (TPSA) is 33.6 Å². The van der Waals surface area contributed by atoms with Gasteiger partial charge < -0.3 is 10.1 Å². The molecule has 1 atom stereocenters. The monoisotopic (exact) mass is 286 g/mol.